The molecule has 2 fully saturated rings. The van der Waals surface area contributed by atoms with Crippen LogP contribution in [0.2, 0.25) is 0 Å². The van der Waals surface area contributed by atoms with Gasteiger partial charge in [0.1, 0.15) is 0 Å². The van der Waals surface area contributed by atoms with Crippen molar-refractivity contribution in [3.8, 4) is 5.88 Å². The lowest BCUT2D eigenvalue weighted by Gasteiger charge is -2.19. The molecule has 1 aliphatic heterocycles. The van der Waals surface area contributed by atoms with E-state index in [0.29, 0.717) is 16.7 Å². The molecule has 27 heavy (non-hydrogen) atoms. The Labute approximate surface area is 155 Å². The lowest BCUT2D eigenvalue weighted by molar-refractivity contribution is -0.148. The Bertz CT molecular complexity index is 896. The van der Waals surface area contributed by atoms with Gasteiger partial charge in [-0.05, 0) is 43.1 Å². The summed E-state index contributed by atoms with van der Waals surface area (Å²) in [4.78, 5) is 38.4. The van der Waals surface area contributed by atoms with Gasteiger partial charge in [-0.25, -0.2) is 4.79 Å². The first-order chi connectivity index (χ1) is 13.0. The minimum Gasteiger partial charge on any atom is -0.466 e. The maximum absolute atomic E-state index is 12.8. The number of carbonyl (C=O) groups excluding carboxylic acids is 3. The van der Waals surface area contributed by atoms with Crippen molar-refractivity contribution < 1.29 is 28.4 Å². The lowest BCUT2D eigenvalue weighted by atomic mass is 9.81. The van der Waals surface area contributed by atoms with Crippen molar-refractivity contribution in [2.24, 2.45) is 11.8 Å². The number of ether oxygens (including phenoxy) is 2. The van der Waals surface area contributed by atoms with Crippen LogP contribution in [0.4, 0.5) is 5.69 Å². The van der Waals surface area contributed by atoms with E-state index in [1.165, 1.54) is 18.9 Å². The largest absolute Gasteiger partial charge is 0.466 e. The number of nitrogens with zero attached hydrogens (tertiary/aromatic N) is 2. The first-order valence-electron chi connectivity index (χ1n) is 9.03. The van der Waals surface area contributed by atoms with Crippen LogP contribution in [-0.4, -0.2) is 36.2 Å². The summed E-state index contributed by atoms with van der Waals surface area (Å²) in [7, 11) is 1.27. The molecule has 2 heterocycles. The molecule has 1 saturated heterocycles. The number of methoxy groups -OCH3 is 1. The van der Waals surface area contributed by atoms with Crippen molar-refractivity contribution in [2.45, 2.75) is 38.7 Å². The average Bonchev–Trinajstić information content (AvgIpc) is 3.20. The smallest absolute Gasteiger partial charge is 0.346 e. The van der Waals surface area contributed by atoms with Crippen LogP contribution in [0.5, 0.6) is 5.88 Å². The second-order valence-electron chi connectivity index (χ2n) is 6.96. The SMILES string of the molecule is COC(=O)C(C)Oc1noc2ccc(N3C(=O)C4CCCCC4C3=O)cc12. The number of aromatic nitrogens is 1. The summed E-state index contributed by atoms with van der Waals surface area (Å²) in [6, 6.07) is 4.93. The number of amides is 2. The van der Waals surface area contributed by atoms with Gasteiger partial charge in [0.05, 0.1) is 30.0 Å². The highest BCUT2D eigenvalue weighted by atomic mass is 16.6. The third-order valence-corrected chi connectivity index (χ3v) is 5.34. The maximum atomic E-state index is 12.8. The van der Waals surface area contributed by atoms with Gasteiger partial charge in [-0.3, -0.25) is 14.5 Å². The Morgan fingerprint density at radius 2 is 1.89 bits per heavy atom. The van der Waals surface area contributed by atoms with Crippen LogP contribution in [0, 0.1) is 11.8 Å². The summed E-state index contributed by atoms with van der Waals surface area (Å²) in [5.41, 5.74) is 0.896. The highest BCUT2D eigenvalue weighted by Gasteiger charge is 2.48. The third-order valence-electron chi connectivity index (χ3n) is 5.34. The zero-order valence-corrected chi connectivity index (χ0v) is 15.1. The minimum absolute atomic E-state index is 0.112. The van der Waals surface area contributed by atoms with Gasteiger partial charge in [0.15, 0.2) is 11.7 Å². The Morgan fingerprint density at radius 1 is 1.22 bits per heavy atom. The zero-order valence-electron chi connectivity index (χ0n) is 15.1. The summed E-state index contributed by atoms with van der Waals surface area (Å²) in [5, 5.41) is 4.32. The Hall–Kier alpha value is -2.90. The predicted octanol–water partition coefficient (Wildman–Crippen LogP) is 2.45. The number of fused-ring (bicyclic) bond motifs is 2. The number of carbonyl (C=O) groups is 3. The number of benzene rings is 1. The topological polar surface area (TPSA) is 98.9 Å². The molecule has 8 nitrogen and oxygen atoms in total. The number of hydrogen-bond acceptors (Lipinski definition) is 7. The second kappa shape index (κ2) is 6.68. The first kappa shape index (κ1) is 17.5. The van der Waals surface area contributed by atoms with Gasteiger partial charge >= 0.3 is 5.97 Å². The van der Waals surface area contributed by atoms with Crippen molar-refractivity contribution in [3.05, 3.63) is 18.2 Å². The fourth-order valence-electron chi connectivity index (χ4n) is 3.93. The molecule has 1 aromatic heterocycles. The molecular weight excluding hydrogens is 352 g/mol. The molecule has 0 radical (unpaired) electrons. The van der Waals surface area contributed by atoms with Gasteiger partial charge in [-0.15, -0.1) is 0 Å². The summed E-state index contributed by atoms with van der Waals surface area (Å²) in [6.45, 7) is 1.54. The molecule has 3 atom stereocenters. The molecule has 3 unspecified atom stereocenters. The van der Waals surface area contributed by atoms with Crippen LogP contribution >= 0.6 is 0 Å². The summed E-state index contributed by atoms with van der Waals surface area (Å²) in [6.07, 6.45) is 2.59. The fourth-order valence-corrected chi connectivity index (χ4v) is 3.93. The van der Waals surface area contributed by atoms with E-state index in [9.17, 15) is 14.4 Å². The van der Waals surface area contributed by atoms with Crippen LogP contribution in [0.1, 0.15) is 32.6 Å². The van der Waals surface area contributed by atoms with E-state index in [0.717, 1.165) is 25.7 Å². The molecule has 1 saturated carbocycles. The van der Waals surface area contributed by atoms with Gasteiger partial charge in [-0.2, -0.15) is 0 Å². The molecule has 8 heteroatoms. The molecule has 0 bridgehead atoms. The molecule has 2 aromatic rings. The number of imide groups is 1. The molecule has 1 aromatic carbocycles. The Balaban J connectivity index is 1.67. The van der Waals surface area contributed by atoms with Crippen LogP contribution in [0.25, 0.3) is 11.0 Å². The molecular formula is C19H20N2O6. The summed E-state index contributed by atoms with van der Waals surface area (Å²) >= 11 is 0. The highest BCUT2D eigenvalue weighted by molar-refractivity contribution is 6.22. The van der Waals surface area contributed by atoms with Crippen LogP contribution in [0.3, 0.4) is 0 Å². The van der Waals surface area contributed by atoms with Gasteiger partial charge in [0.2, 0.25) is 11.8 Å². The number of hydrogen-bond donors (Lipinski definition) is 0. The van der Waals surface area contributed by atoms with Crippen molar-refractivity contribution in [2.75, 3.05) is 12.0 Å². The lowest BCUT2D eigenvalue weighted by Crippen LogP contribution is -2.30. The summed E-state index contributed by atoms with van der Waals surface area (Å²) in [5.74, 6) is -1.17. The standard InChI is InChI=1S/C19H20N2O6/c1-10(19(24)25-2)26-16-14-9-11(7-8-15(14)27-20-16)21-17(22)12-5-3-4-6-13(12)18(21)23/h7-10,12-13H,3-6H2,1-2H3. The predicted molar refractivity (Wildman–Crippen MR) is 94.1 cm³/mol. The van der Waals surface area contributed by atoms with E-state index in [-0.39, 0.29) is 29.5 Å². The fraction of sp³-hybridized carbons (Fsp3) is 0.474. The van der Waals surface area contributed by atoms with Gasteiger partial charge in [-0.1, -0.05) is 12.8 Å². The number of anilines is 1. The van der Waals surface area contributed by atoms with Crippen LogP contribution < -0.4 is 9.64 Å². The van der Waals surface area contributed by atoms with Gasteiger partial charge in [0, 0.05) is 0 Å². The number of esters is 1. The normalized spacial score (nSPS) is 23.4. The van der Waals surface area contributed by atoms with E-state index >= 15 is 0 Å². The summed E-state index contributed by atoms with van der Waals surface area (Å²) < 4.78 is 15.4. The quantitative estimate of drug-likeness (QED) is 0.600. The van der Waals surface area contributed by atoms with E-state index < -0.39 is 12.1 Å². The van der Waals surface area contributed by atoms with Crippen LogP contribution in [-0.2, 0) is 19.1 Å². The van der Waals surface area contributed by atoms with E-state index in [1.54, 1.807) is 18.2 Å². The Morgan fingerprint density at radius 3 is 2.52 bits per heavy atom. The first-order valence-corrected chi connectivity index (χ1v) is 9.03. The van der Waals surface area contributed by atoms with Crippen molar-refractivity contribution in [3.63, 3.8) is 0 Å². The van der Waals surface area contributed by atoms with Crippen molar-refractivity contribution in [1.29, 1.82) is 0 Å². The molecule has 0 spiro atoms. The average molecular weight is 372 g/mol. The molecule has 1 aliphatic carbocycles. The van der Waals surface area contributed by atoms with E-state index in [2.05, 4.69) is 9.89 Å². The zero-order chi connectivity index (χ0) is 19.1. The van der Waals surface area contributed by atoms with Crippen molar-refractivity contribution >= 4 is 34.4 Å². The third kappa shape index (κ3) is 2.85. The minimum atomic E-state index is -0.870. The van der Waals surface area contributed by atoms with E-state index in [1.807, 2.05) is 0 Å². The van der Waals surface area contributed by atoms with Crippen molar-refractivity contribution in [1.82, 2.24) is 5.16 Å². The molecule has 0 N–H and O–H groups in total. The molecule has 142 valence electrons. The maximum Gasteiger partial charge on any atom is 0.346 e. The Kier molecular flexibility index (Phi) is 4.33. The molecule has 2 amide bonds. The highest BCUT2D eigenvalue weighted by Crippen LogP contribution is 2.41. The number of rotatable bonds is 4. The van der Waals surface area contributed by atoms with Gasteiger partial charge in [0.25, 0.3) is 5.88 Å². The molecule has 2 aliphatic rings. The monoisotopic (exact) mass is 372 g/mol. The van der Waals surface area contributed by atoms with Gasteiger partial charge < -0.3 is 14.0 Å². The second-order valence-corrected chi connectivity index (χ2v) is 6.96. The molecule has 4 rings (SSSR count). The van der Waals surface area contributed by atoms with Crippen LogP contribution in [0.15, 0.2) is 22.7 Å². The van der Waals surface area contributed by atoms with E-state index in [4.69, 9.17) is 9.26 Å².